The minimum Gasteiger partial charge on any atom is -0.378 e. The first-order chi connectivity index (χ1) is 12.5. The molecular weight excluding hydrogens is 398 g/mol. The second-order valence-corrected chi connectivity index (χ2v) is 7.24. The quantitative estimate of drug-likeness (QED) is 0.688. The summed E-state index contributed by atoms with van der Waals surface area (Å²) in [5.41, 5.74) is 8.57. The number of hydrogen-bond donors (Lipinski definition) is 2. The van der Waals surface area contributed by atoms with Crippen molar-refractivity contribution in [2.75, 3.05) is 26.3 Å². The molecule has 0 unspecified atom stereocenters. The predicted octanol–water partition coefficient (Wildman–Crippen LogP) is 2.58. The van der Waals surface area contributed by atoms with Gasteiger partial charge in [0.05, 0.1) is 25.2 Å². The molecule has 0 atom stereocenters. The molecule has 2 amide bonds. The van der Waals surface area contributed by atoms with Gasteiger partial charge in [-0.3, -0.25) is 9.59 Å². The van der Waals surface area contributed by atoms with Crippen LogP contribution in [0.5, 0.6) is 0 Å². The summed E-state index contributed by atoms with van der Waals surface area (Å²) in [6.07, 6.45) is 0.163. The van der Waals surface area contributed by atoms with E-state index < -0.39 is 0 Å². The molecule has 3 aromatic rings. The zero-order valence-corrected chi connectivity index (χ0v) is 15.6. The molecule has 2 aromatic carbocycles. The average molecular weight is 416 g/mol. The minimum absolute atomic E-state index is 0.00489. The van der Waals surface area contributed by atoms with Gasteiger partial charge in [0.25, 0.3) is 5.91 Å². The highest BCUT2D eigenvalue weighted by Crippen LogP contribution is 2.34. The van der Waals surface area contributed by atoms with Crippen LogP contribution < -0.4 is 5.73 Å². The zero-order valence-electron chi connectivity index (χ0n) is 14.0. The molecule has 134 valence electrons. The van der Waals surface area contributed by atoms with E-state index in [1.165, 1.54) is 0 Å². The number of fused-ring (bicyclic) bond motifs is 3. The number of amides is 2. The van der Waals surface area contributed by atoms with Crippen molar-refractivity contribution in [3.8, 4) is 0 Å². The van der Waals surface area contributed by atoms with Gasteiger partial charge >= 0.3 is 0 Å². The monoisotopic (exact) mass is 415 g/mol. The maximum atomic E-state index is 12.7. The van der Waals surface area contributed by atoms with Gasteiger partial charge < -0.3 is 20.4 Å². The number of carbonyl (C=O) groups is 2. The molecule has 1 aliphatic heterocycles. The molecule has 7 heteroatoms. The van der Waals surface area contributed by atoms with Crippen molar-refractivity contribution in [1.29, 1.82) is 0 Å². The van der Waals surface area contributed by atoms with Crippen LogP contribution in [0.25, 0.3) is 21.8 Å². The summed E-state index contributed by atoms with van der Waals surface area (Å²) in [6.45, 7) is 2.36. The van der Waals surface area contributed by atoms with E-state index in [-0.39, 0.29) is 18.2 Å². The molecule has 3 N–H and O–H groups in total. The van der Waals surface area contributed by atoms with Crippen LogP contribution in [-0.4, -0.2) is 48.0 Å². The van der Waals surface area contributed by atoms with Gasteiger partial charge in [0, 0.05) is 39.4 Å². The number of nitrogens with two attached hydrogens (primary N) is 1. The smallest absolute Gasteiger partial charge is 0.254 e. The van der Waals surface area contributed by atoms with Gasteiger partial charge in [0.15, 0.2) is 0 Å². The SMILES string of the molecule is NC(=O)Cc1ccc(Br)c2c1[nH]c1cc(C(=O)N3CCOCC3)ccc12. The third kappa shape index (κ3) is 2.97. The third-order valence-electron chi connectivity index (χ3n) is 4.70. The highest BCUT2D eigenvalue weighted by Gasteiger charge is 2.20. The Kier molecular flexibility index (Phi) is 4.42. The van der Waals surface area contributed by atoms with E-state index in [2.05, 4.69) is 20.9 Å². The van der Waals surface area contributed by atoms with Crippen LogP contribution in [0.2, 0.25) is 0 Å². The third-order valence-corrected chi connectivity index (χ3v) is 5.36. The summed E-state index contributed by atoms with van der Waals surface area (Å²) in [5.74, 6) is -0.374. The Balaban J connectivity index is 1.81. The van der Waals surface area contributed by atoms with Crippen LogP contribution in [0.4, 0.5) is 0 Å². The first-order valence-electron chi connectivity index (χ1n) is 8.43. The van der Waals surface area contributed by atoms with Gasteiger partial charge in [-0.2, -0.15) is 0 Å². The Hall–Kier alpha value is -2.38. The summed E-state index contributed by atoms with van der Waals surface area (Å²) in [5, 5.41) is 1.99. The van der Waals surface area contributed by atoms with Crippen LogP contribution in [0.1, 0.15) is 15.9 Å². The van der Waals surface area contributed by atoms with Crippen molar-refractivity contribution >= 4 is 49.6 Å². The number of nitrogens with zero attached hydrogens (tertiary/aromatic N) is 1. The molecule has 2 heterocycles. The molecule has 26 heavy (non-hydrogen) atoms. The molecule has 0 radical (unpaired) electrons. The number of rotatable bonds is 3. The van der Waals surface area contributed by atoms with Gasteiger partial charge in [-0.05, 0) is 23.8 Å². The normalized spacial score (nSPS) is 14.9. The van der Waals surface area contributed by atoms with Crippen molar-refractivity contribution in [1.82, 2.24) is 9.88 Å². The summed E-state index contributed by atoms with van der Waals surface area (Å²) in [6, 6.07) is 9.46. The summed E-state index contributed by atoms with van der Waals surface area (Å²) in [4.78, 5) is 29.3. The van der Waals surface area contributed by atoms with E-state index in [0.717, 1.165) is 31.8 Å². The minimum atomic E-state index is -0.379. The summed E-state index contributed by atoms with van der Waals surface area (Å²) < 4.78 is 6.24. The van der Waals surface area contributed by atoms with E-state index in [1.807, 2.05) is 35.2 Å². The number of halogens is 1. The van der Waals surface area contributed by atoms with E-state index in [9.17, 15) is 9.59 Å². The Bertz CT molecular complexity index is 1020. The van der Waals surface area contributed by atoms with Gasteiger partial charge in [-0.15, -0.1) is 0 Å². The lowest BCUT2D eigenvalue weighted by molar-refractivity contribution is -0.117. The Morgan fingerprint density at radius 2 is 1.96 bits per heavy atom. The van der Waals surface area contributed by atoms with Crippen molar-refractivity contribution in [3.63, 3.8) is 0 Å². The molecule has 1 fully saturated rings. The lowest BCUT2D eigenvalue weighted by Gasteiger charge is -2.26. The maximum Gasteiger partial charge on any atom is 0.254 e. The fourth-order valence-corrected chi connectivity index (χ4v) is 3.99. The second-order valence-electron chi connectivity index (χ2n) is 6.39. The number of benzene rings is 2. The fraction of sp³-hybridized carbons (Fsp3) is 0.263. The summed E-state index contributed by atoms with van der Waals surface area (Å²) >= 11 is 3.58. The molecular formula is C19H18BrN3O3. The zero-order chi connectivity index (χ0) is 18.3. The van der Waals surface area contributed by atoms with E-state index in [4.69, 9.17) is 10.5 Å². The van der Waals surface area contributed by atoms with Crippen molar-refractivity contribution < 1.29 is 14.3 Å². The van der Waals surface area contributed by atoms with Crippen molar-refractivity contribution in [2.45, 2.75) is 6.42 Å². The molecule has 0 spiro atoms. The van der Waals surface area contributed by atoms with Crippen molar-refractivity contribution in [2.24, 2.45) is 5.73 Å². The molecule has 0 bridgehead atoms. The molecule has 0 saturated carbocycles. The van der Waals surface area contributed by atoms with Gasteiger partial charge in [0.2, 0.25) is 5.91 Å². The Labute approximate surface area is 158 Å². The van der Waals surface area contributed by atoms with Crippen LogP contribution in [0.3, 0.4) is 0 Å². The van der Waals surface area contributed by atoms with Gasteiger partial charge in [-0.25, -0.2) is 0 Å². The van der Waals surface area contributed by atoms with Gasteiger partial charge in [0.1, 0.15) is 0 Å². The molecule has 1 aliphatic rings. The first kappa shape index (κ1) is 17.1. The number of primary amides is 1. The van der Waals surface area contributed by atoms with Crippen LogP contribution in [0.15, 0.2) is 34.8 Å². The Morgan fingerprint density at radius 1 is 1.19 bits per heavy atom. The van der Waals surface area contributed by atoms with E-state index >= 15 is 0 Å². The number of hydrogen-bond acceptors (Lipinski definition) is 3. The molecule has 1 aromatic heterocycles. The van der Waals surface area contributed by atoms with Crippen LogP contribution in [-0.2, 0) is 16.0 Å². The Morgan fingerprint density at radius 3 is 2.69 bits per heavy atom. The highest BCUT2D eigenvalue weighted by molar-refractivity contribution is 9.10. The lowest BCUT2D eigenvalue weighted by atomic mass is 10.1. The predicted molar refractivity (Wildman–Crippen MR) is 103 cm³/mol. The number of nitrogens with one attached hydrogen (secondary N) is 1. The van der Waals surface area contributed by atoms with E-state index in [0.29, 0.717) is 31.9 Å². The number of ether oxygens (including phenoxy) is 1. The largest absolute Gasteiger partial charge is 0.378 e. The second kappa shape index (κ2) is 6.74. The number of aromatic nitrogens is 1. The van der Waals surface area contributed by atoms with Crippen LogP contribution >= 0.6 is 15.9 Å². The number of morpholine rings is 1. The maximum absolute atomic E-state index is 12.7. The van der Waals surface area contributed by atoms with E-state index in [1.54, 1.807) is 0 Å². The molecule has 0 aliphatic carbocycles. The average Bonchev–Trinajstić information content (AvgIpc) is 3.03. The first-order valence-corrected chi connectivity index (χ1v) is 9.22. The number of H-pyrrole nitrogens is 1. The van der Waals surface area contributed by atoms with Crippen molar-refractivity contribution in [3.05, 3.63) is 45.9 Å². The molecule has 1 saturated heterocycles. The highest BCUT2D eigenvalue weighted by atomic mass is 79.9. The number of carbonyl (C=O) groups excluding carboxylic acids is 2. The van der Waals surface area contributed by atoms with Gasteiger partial charge in [-0.1, -0.05) is 28.1 Å². The fourth-order valence-electron chi connectivity index (χ4n) is 3.44. The lowest BCUT2D eigenvalue weighted by Crippen LogP contribution is -2.40. The molecule has 6 nitrogen and oxygen atoms in total. The van der Waals surface area contributed by atoms with Crippen LogP contribution in [0, 0.1) is 0 Å². The molecule has 4 rings (SSSR count). The standard InChI is InChI=1S/C19H18BrN3O3/c20-14-4-2-11(10-16(21)24)18-17(14)13-3-1-12(9-15(13)22-18)19(25)23-5-7-26-8-6-23/h1-4,9,22H,5-8,10H2,(H2,21,24). The number of aromatic amines is 1. The summed E-state index contributed by atoms with van der Waals surface area (Å²) in [7, 11) is 0. The topological polar surface area (TPSA) is 88.4 Å².